The third-order valence-electron chi connectivity index (χ3n) is 2.64. The Kier molecular flexibility index (Phi) is 4.06. The lowest BCUT2D eigenvalue weighted by atomic mass is 10.1. The lowest BCUT2D eigenvalue weighted by molar-refractivity contribution is -0.138. The molecule has 0 spiro atoms. The fraction of sp³-hybridized carbons (Fsp3) is 0.231. The quantitative estimate of drug-likeness (QED) is 0.807. The second kappa shape index (κ2) is 5.43. The highest BCUT2D eigenvalue weighted by Crippen LogP contribution is 2.33. The summed E-state index contributed by atoms with van der Waals surface area (Å²) in [7, 11) is 0. The molecule has 0 bridgehead atoms. The molecule has 0 saturated carbocycles. The van der Waals surface area contributed by atoms with E-state index in [4.69, 9.17) is 11.6 Å². The van der Waals surface area contributed by atoms with Crippen LogP contribution in [0, 0.1) is 6.92 Å². The van der Waals surface area contributed by atoms with Crippen molar-refractivity contribution in [3.05, 3.63) is 50.7 Å². The van der Waals surface area contributed by atoms with Crippen LogP contribution in [0.2, 0.25) is 4.34 Å². The first-order valence-corrected chi connectivity index (χ1v) is 6.71. The van der Waals surface area contributed by atoms with Gasteiger partial charge in [-0.1, -0.05) is 17.7 Å². The molecule has 2 aromatic rings. The molecule has 1 heterocycles. The number of hydrogen-bond donors (Lipinski definition) is 1. The Bertz CT molecular complexity index is 578. The molecule has 19 heavy (non-hydrogen) atoms. The highest BCUT2D eigenvalue weighted by molar-refractivity contribution is 7.16. The number of thiophene rings is 1. The molecule has 0 aliphatic carbocycles. The van der Waals surface area contributed by atoms with Crippen LogP contribution >= 0.6 is 22.9 Å². The van der Waals surface area contributed by atoms with Gasteiger partial charge in [-0.3, -0.25) is 0 Å². The summed E-state index contributed by atoms with van der Waals surface area (Å²) in [5, 5.41) is 2.97. The van der Waals surface area contributed by atoms with Crippen molar-refractivity contribution in [2.24, 2.45) is 0 Å². The average Bonchev–Trinajstić information content (AvgIpc) is 2.72. The van der Waals surface area contributed by atoms with Gasteiger partial charge < -0.3 is 5.32 Å². The van der Waals surface area contributed by atoms with E-state index < -0.39 is 11.7 Å². The Morgan fingerprint density at radius 2 is 1.95 bits per heavy atom. The molecule has 0 amide bonds. The minimum absolute atomic E-state index is 0.220. The zero-order valence-electron chi connectivity index (χ0n) is 10.0. The maximum absolute atomic E-state index is 12.8. The third kappa shape index (κ3) is 3.64. The first kappa shape index (κ1) is 14.2. The number of benzene rings is 1. The molecule has 1 nitrogen and oxygen atoms in total. The summed E-state index contributed by atoms with van der Waals surface area (Å²) in [5.41, 5.74) is 0.0568. The lowest BCUT2D eigenvalue weighted by Crippen LogP contribution is -2.08. The van der Waals surface area contributed by atoms with Crippen molar-refractivity contribution in [3.63, 3.8) is 0 Å². The average molecular weight is 306 g/mol. The molecule has 102 valence electrons. The van der Waals surface area contributed by atoms with E-state index >= 15 is 0 Å². The van der Waals surface area contributed by atoms with Gasteiger partial charge in [0, 0.05) is 17.1 Å². The maximum Gasteiger partial charge on any atom is 0.416 e. The van der Waals surface area contributed by atoms with E-state index in [-0.39, 0.29) is 5.56 Å². The van der Waals surface area contributed by atoms with Gasteiger partial charge in [0.1, 0.15) is 0 Å². The number of rotatable bonds is 3. The van der Waals surface area contributed by atoms with Crippen LogP contribution in [0.1, 0.15) is 16.0 Å². The molecule has 6 heteroatoms. The standard InChI is InChI=1S/C13H11ClF3NS/c1-8-2-3-9(6-11(8)13(15,16)17)18-7-10-4-5-12(14)19-10/h2-6,18H,7H2,1H3. The van der Waals surface area contributed by atoms with Crippen LogP contribution in [0.15, 0.2) is 30.3 Å². The SMILES string of the molecule is Cc1ccc(NCc2ccc(Cl)s2)cc1C(F)(F)F. The lowest BCUT2D eigenvalue weighted by Gasteiger charge is -2.13. The van der Waals surface area contributed by atoms with Crippen LogP contribution in [-0.2, 0) is 12.7 Å². The summed E-state index contributed by atoms with van der Waals surface area (Å²) < 4.78 is 38.9. The van der Waals surface area contributed by atoms with Crippen molar-refractivity contribution in [1.82, 2.24) is 0 Å². The predicted octanol–water partition coefficient (Wildman–Crippen LogP) is 5.34. The number of alkyl halides is 3. The highest BCUT2D eigenvalue weighted by atomic mass is 35.5. The van der Waals surface area contributed by atoms with E-state index in [0.29, 0.717) is 16.6 Å². The summed E-state index contributed by atoms with van der Waals surface area (Å²) in [6.45, 7) is 1.91. The number of anilines is 1. The van der Waals surface area contributed by atoms with Gasteiger partial charge in [0.15, 0.2) is 0 Å². The van der Waals surface area contributed by atoms with Crippen molar-refractivity contribution in [3.8, 4) is 0 Å². The summed E-state index contributed by atoms with van der Waals surface area (Å²) in [4.78, 5) is 0.971. The summed E-state index contributed by atoms with van der Waals surface area (Å²) in [6.07, 6.45) is -4.33. The Morgan fingerprint density at radius 3 is 2.53 bits per heavy atom. The van der Waals surface area contributed by atoms with Gasteiger partial charge >= 0.3 is 6.18 Å². The van der Waals surface area contributed by atoms with Crippen LogP contribution in [0.5, 0.6) is 0 Å². The van der Waals surface area contributed by atoms with Crippen LogP contribution in [-0.4, -0.2) is 0 Å². The van der Waals surface area contributed by atoms with E-state index in [1.165, 1.54) is 24.3 Å². The van der Waals surface area contributed by atoms with Crippen molar-refractivity contribution < 1.29 is 13.2 Å². The zero-order chi connectivity index (χ0) is 14.0. The number of aryl methyl sites for hydroxylation is 1. The molecule has 1 N–H and O–H groups in total. The van der Waals surface area contributed by atoms with Crippen LogP contribution in [0.3, 0.4) is 0 Å². The van der Waals surface area contributed by atoms with E-state index in [1.807, 2.05) is 6.07 Å². The van der Waals surface area contributed by atoms with Gasteiger partial charge in [0.25, 0.3) is 0 Å². The highest BCUT2D eigenvalue weighted by Gasteiger charge is 2.32. The molecule has 0 atom stereocenters. The Morgan fingerprint density at radius 1 is 1.21 bits per heavy atom. The van der Waals surface area contributed by atoms with Gasteiger partial charge in [0.2, 0.25) is 0 Å². The van der Waals surface area contributed by atoms with Crippen LogP contribution in [0.25, 0.3) is 0 Å². The van der Waals surface area contributed by atoms with Gasteiger partial charge in [-0.05, 0) is 36.8 Å². The fourth-order valence-electron chi connectivity index (χ4n) is 1.67. The summed E-state index contributed by atoms with van der Waals surface area (Å²) in [6, 6.07) is 7.84. The minimum Gasteiger partial charge on any atom is -0.380 e. The Balaban J connectivity index is 2.13. The van der Waals surface area contributed by atoms with Crippen LogP contribution < -0.4 is 5.32 Å². The Labute approximate surface area is 118 Å². The smallest absolute Gasteiger partial charge is 0.380 e. The van der Waals surface area contributed by atoms with E-state index in [2.05, 4.69) is 5.32 Å². The molecule has 0 aliphatic rings. The zero-order valence-corrected chi connectivity index (χ0v) is 11.6. The number of nitrogens with one attached hydrogen (secondary N) is 1. The normalized spacial score (nSPS) is 11.6. The largest absolute Gasteiger partial charge is 0.416 e. The molecule has 0 saturated heterocycles. The van der Waals surface area contributed by atoms with Gasteiger partial charge in [0.05, 0.1) is 9.90 Å². The third-order valence-corrected chi connectivity index (χ3v) is 3.87. The van der Waals surface area contributed by atoms with Crippen molar-refractivity contribution in [2.45, 2.75) is 19.6 Å². The molecule has 0 unspecified atom stereocenters. The predicted molar refractivity (Wildman–Crippen MR) is 72.8 cm³/mol. The Hall–Kier alpha value is -1.20. The first-order valence-electron chi connectivity index (χ1n) is 5.52. The monoisotopic (exact) mass is 305 g/mol. The van der Waals surface area contributed by atoms with Crippen LogP contribution in [0.4, 0.5) is 18.9 Å². The number of hydrogen-bond acceptors (Lipinski definition) is 2. The minimum atomic E-state index is -4.33. The molecular formula is C13H11ClF3NS. The molecule has 1 aromatic heterocycles. The second-order valence-corrected chi connectivity index (χ2v) is 5.89. The summed E-state index contributed by atoms with van der Waals surface area (Å²) >= 11 is 7.19. The first-order chi connectivity index (χ1) is 8.86. The fourth-order valence-corrected chi connectivity index (χ4v) is 2.70. The summed E-state index contributed by atoms with van der Waals surface area (Å²) in [5.74, 6) is 0. The van der Waals surface area contributed by atoms with Gasteiger partial charge in [-0.2, -0.15) is 13.2 Å². The van der Waals surface area contributed by atoms with Gasteiger partial charge in [-0.25, -0.2) is 0 Å². The topological polar surface area (TPSA) is 12.0 Å². The molecule has 0 aliphatic heterocycles. The molecule has 1 aromatic carbocycles. The van der Waals surface area contributed by atoms with E-state index in [9.17, 15) is 13.2 Å². The van der Waals surface area contributed by atoms with E-state index in [0.717, 1.165) is 10.9 Å². The molecule has 0 fully saturated rings. The van der Waals surface area contributed by atoms with Gasteiger partial charge in [-0.15, -0.1) is 11.3 Å². The maximum atomic E-state index is 12.8. The number of halogens is 4. The molecular weight excluding hydrogens is 295 g/mol. The molecule has 2 rings (SSSR count). The van der Waals surface area contributed by atoms with E-state index in [1.54, 1.807) is 12.1 Å². The second-order valence-electron chi connectivity index (χ2n) is 4.09. The molecule has 0 radical (unpaired) electrons. The van der Waals surface area contributed by atoms with Crippen molar-refractivity contribution in [2.75, 3.05) is 5.32 Å². The van der Waals surface area contributed by atoms with Crippen molar-refractivity contribution >= 4 is 28.6 Å². The van der Waals surface area contributed by atoms with Crippen molar-refractivity contribution in [1.29, 1.82) is 0 Å².